The number of phenols is 1. The third-order valence-electron chi connectivity index (χ3n) is 3.16. The molecule has 0 aromatic heterocycles. The van der Waals surface area contributed by atoms with Gasteiger partial charge in [0.05, 0.1) is 13.2 Å². The van der Waals surface area contributed by atoms with Crippen molar-refractivity contribution in [2.45, 2.75) is 46.1 Å². The summed E-state index contributed by atoms with van der Waals surface area (Å²) in [5.41, 5.74) is 0.673. The van der Waals surface area contributed by atoms with E-state index >= 15 is 0 Å². The van der Waals surface area contributed by atoms with Crippen LogP contribution in [0.2, 0.25) is 0 Å². The average molecular weight is 252 g/mol. The molecule has 3 nitrogen and oxygen atoms in total. The summed E-state index contributed by atoms with van der Waals surface area (Å²) in [5.74, 6) is 1.33. The summed E-state index contributed by atoms with van der Waals surface area (Å²) in [5, 5.41) is 18.6. The van der Waals surface area contributed by atoms with Gasteiger partial charge in [0.15, 0.2) is 0 Å². The van der Waals surface area contributed by atoms with Crippen molar-refractivity contribution in [3.8, 4) is 11.5 Å². The molecule has 0 amide bonds. The first kappa shape index (κ1) is 14.8. The summed E-state index contributed by atoms with van der Waals surface area (Å²) in [6.45, 7) is 4.95. The largest absolute Gasteiger partial charge is 0.508 e. The Hall–Kier alpha value is -1.22. The maximum atomic E-state index is 9.50. The van der Waals surface area contributed by atoms with E-state index in [1.807, 2.05) is 0 Å². The fraction of sp³-hybridized carbons (Fsp3) is 0.600. The van der Waals surface area contributed by atoms with Crippen molar-refractivity contribution in [2.24, 2.45) is 5.92 Å². The third-order valence-corrected chi connectivity index (χ3v) is 3.16. The van der Waals surface area contributed by atoms with Gasteiger partial charge in [-0.2, -0.15) is 0 Å². The van der Waals surface area contributed by atoms with Crippen molar-refractivity contribution in [2.75, 3.05) is 6.61 Å². The van der Waals surface area contributed by atoms with E-state index in [4.69, 9.17) is 9.84 Å². The highest BCUT2D eigenvalue weighted by Crippen LogP contribution is 2.23. The molecule has 3 heteroatoms. The molecule has 0 aliphatic rings. The van der Waals surface area contributed by atoms with Crippen LogP contribution in [0.25, 0.3) is 0 Å². The van der Waals surface area contributed by atoms with Crippen molar-refractivity contribution in [1.82, 2.24) is 0 Å². The first-order valence-corrected chi connectivity index (χ1v) is 6.76. The van der Waals surface area contributed by atoms with Crippen LogP contribution < -0.4 is 4.74 Å². The molecule has 0 radical (unpaired) electrons. The van der Waals surface area contributed by atoms with Crippen LogP contribution in [0.1, 0.15) is 45.1 Å². The van der Waals surface area contributed by atoms with E-state index in [2.05, 4.69) is 13.8 Å². The van der Waals surface area contributed by atoms with Crippen LogP contribution >= 0.6 is 0 Å². The predicted molar refractivity (Wildman–Crippen MR) is 72.8 cm³/mol. The molecule has 0 aliphatic heterocycles. The lowest BCUT2D eigenvalue weighted by atomic mass is 10.0. The molecule has 2 N–H and O–H groups in total. The lowest BCUT2D eigenvalue weighted by Crippen LogP contribution is -2.11. The molecular weight excluding hydrogens is 228 g/mol. The molecule has 0 saturated heterocycles. The zero-order valence-corrected chi connectivity index (χ0v) is 11.4. The van der Waals surface area contributed by atoms with Gasteiger partial charge in [-0.1, -0.05) is 33.1 Å². The number of hydrogen-bond acceptors (Lipinski definition) is 3. The normalized spacial score (nSPS) is 12.4. The van der Waals surface area contributed by atoms with E-state index in [9.17, 15) is 5.11 Å². The number of phenolic OH excluding ortho intramolecular Hbond substituents is 1. The smallest absolute Gasteiger partial charge is 0.123 e. The molecule has 0 heterocycles. The third kappa shape index (κ3) is 4.96. The van der Waals surface area contributed by atoms with E-state index < -0.39 is 0 Å². The lowest BCUT2D eigenvalue weighted by molar-refractivity contribution is 0.231. The molecule has 0 bridgehead atoms. The van der Waals surface area contributed by atoms with Crippen LogP contribution in [0, 0.1) is 5.92 Å². The summed E-state index contributed by atoms with van der Waals surface area (Å²) in [6, 6.07) is 4.90. The van der Waals surface area contributed by atoms with Gasteiger partial charge in [0.1, 0.15) is 11.5 Å². The first-order chi connectivity index (χ1) is 8.69. The van der Waals surface area contributed by atoms with Gasteiger partial charge in [0.25, 0.3) is 0 Å². The van der Waals surface area contributed by atoms with Crippen molar-refractivity contribution in [3.63, 3.8) is 0 Å². The van der Waals surface area contributed by atoms with Crippen LogP contribution in [0.15, 0.2) is 18.2 Å². The van der Waals surface area contributed by atoms with E-state index in [-0.39, 0.29) is 12.4 Å². The lowest BCUT2D eigenvalue weighted by Gasteiger charge is -2.16. The molecule has 1 rings (SSSR count). The standard InChI is InChI=1S/C15H24O3/c1-3-5-6-12(4-2)11-18-15-8-13(10-16)7-14(17)9-15/h7-9,12,16-17H,3-6,10-11H2,1-2H3. The first-order valence-electron chi connectivity index (χ1n) is 6.76. The number of ether oxygens (including phenoxy) is 1. The molecule has 0 aliphatic carbocycles. The van der Waals surface area contributed by atoms with Gasteiger partial charge < -0.3 is 14.9 Å². The molecule has 0 saturated carbocycles. The highest BCUT2D eigenvalue weighted by molar-refractivity contribution is 5.37. The predicted octanol–water partition coefficient (Wildman–Crippen LogP) is 3.48. The summed E-state index contributed by atoms with van der Waals surface area (Å²) < 4.78 is 5.71. The number of aliphatic hydroxyl groups is 1. The maximum absolute atomic E-state index is 9.50. The van der Waals surface area contributed by atoms with Crippen molar-refractivity contribution >= 4 is 0 Å². The Morgan fingerprint density at radius 1 is 1.22 bits per heavy atom. The Kier molecular flexibility index (Phi) is 6.58. The quantitative estimate of drug-likeness (QED) is 0.744. The fourth-order valence-corrected chi connectivity index (χ4v) is 1.93. The van der Waals surface area contributed by atoms with Crippen LogP contribution in [0.5, 0.6) is 11.5 Å². The number of rotatable bonds is 8. The minimum atomic E-state index is -0.0855. The fourth-order valence-electron chi connectivity index (χ4n) is 1.93. The van der Waals surface area contributed by atoms with E-state index in [1.165, 1.54) is 19.3 Å². The monoisotopic (exact) mass is 252 g/mol. The zero-order chi connectivity index (χ0) is 13.4. The molecule has 1 unspecified atom stereocenters. The van der Waals surface area contributed by atoms with Gasteiger partial charge in [-0.05, 0) is 30.0 Å². The molecule has 1 atom stereocenters. The second-order valence-corrected chi connectivity index (χ2v) is 4.72. The van der Waals surface area contributed by atoms with Gasteiger partial charge >= 0.3 is 0 Å². The minimum absolute atomic E-state index is 0.0855. The second-order valence-electron chi connectivity index (χ2n) is 4.72. The highest BCUT2D eigenvalue weighted by Gasteiger charge is 2.08. The number of unbranched alkanes of at least 4 members (excludes halogenated alkanes) is 1. The minimum Gasteiger partial charge on any atom is -0.508 e. The summed E-state index contributed by atoms with van der Waals surface area (Å²) in [6.07, 6.45) is 4.71. The van der Waals surface area contributed by atoms with E-state index in [1.54, 1.807) is 18.2 Å². The van der Waals surface area contributed by atoms with Gasteiger partial charge in [-0.15, -0.1) is 0 Å². The maximum Gasteiger partial charge on any atom is 0.123 e. The Morgan fingerprint density at radius 2 is 2.00 bits per heavy atom. The Labute approximate surface area is 109 Å². The van der Waals surface area contributed by atoms with Crippen LogP contribution in [0.3, 0.4) is 0 Å². The average Bonchev–Trinajstić information content (AvgIpc) is 2.38. The SMILES string of the molecule is CCCCC(CC)COc1cc(O)cc(CO)c1. The Balaban J connectivity index is 2.53. The van der Waals surface area contributed by atoms with Crippen LogP contribution in [-0.2, 0) is 6.61 Å². The van der Waals surface area contributed by atoms with Crippen molar-refractivity contribution in [1.29, 1.82) is 0 Å². The zero-order valence-electron chi connectivity index (χ0n) is 11.4. The Bertz CT molecular complexity index is 350. The summed E-state index contributed by atoms with van der Waals surface area (Å²) >= 11 is 0. The molecule has 1 aromatic rings. The molecule has 1 aromatic carbocycles. The van der Waals surface area contributed by atoms with Gasteiger partial charge in [0.2, 0.25) is 0 Å². The van der Waals surface area contributed by atoms with Gasteiger partial charge in [-0.25, -0.2) is 0 Å². The summed E-state index contributed by atoms with van der Waals surface area (Å²) in [4.78, 5) is 0. The topological polar surface area (TPSA) is 49.7 Å². The van der Waals surface area contributed by atoms with Gasteiger partial charge in [0, 0.05) is 6.07 Å². The Morgan fingerprint density at radius 3 is 2.61 bits per heavy atom. The van der Waals surface area contributed by atoms with Crippen LogP contribution in [-0.4, -0.2) is 16.8 Å². The van der Waals surface area contributed by atoms with Gasteiger partial charge in [-0.3, -0.25) is 0 Å². The van der Waals surface area contributed by atoms with E-state index in [0.717, 1.165) is 6.42 Å². The van der Waals surface area contributed by atoms with Crippen molar-refractivity contribution in [3.05, 3.63) is 23.8 Å². The molecule has 102 valence electrons. The second kappa shape index (κ2) is 7.98. The van der Waals surface area contributed by atoms with Crippen LogP contribution in [0.4, 0.5) is 0 Å². The van der Waals surface area contributed by atoms with E-state index in [0.29, 0.717) is 23.8 Å². The number of aromatic hydroxyl groups is 1. The molecular formula is C15H24O3. The molecule has 0 fully saturated rings. The van der Waals surface area contributed by atoms with Crippen molar-refractivity contribution < 1.29 is 14.9 Å². The number of benzene rings is 1. The number of aliphatic hydroxyl groups excluding tert-OH is 1. The molecule has 0 spiro atoms. The number of hydrogen-bond donors (Lipinski definition) is 2. The molecule has 18 heavy (non-hydrogen) atoms. The summed E-state index contributed by atoms with van der Waals surface area (Å²) in [7, 11) is 0. The highest BCUT2D eigenvalue weighted by atomic mass is 16.5.